The second kappa shape index (κ2) is 4.97. The summed E-state index contributed by atoms with van der Waals surface area (Å²) in [6, 6.07) is 4.24. The fourth-order valence-corrected chi connectivity index (χ4v) is 2.64. The molecule has 1 unspecified atom stereocenters. The molecule has 0 aliphatic rings. The van der Waals surface area contributed by atoms with Gasteiger partial charge in [-0.25, -0.2) is 0 Å². The zero-order valence-electron chi connectivity index (χ0n) is 10.2. The van der Waals surface area contributed by atoms with Gasteiger partial charge in [-0.15, -0.1) is 11.3 Å². The Balaban J connectivity index is 2.94. The standard InChI is InChI=1S/C12H19NO2S/c1-5-9(10-7-6-8-16-10)13(4)12(2,3)11(14)15/h6-9H,5H2,1-4H3,(H,14,15). The molecule has 3 nitrogen and oxygen atoms in total. The average molecular weight is 241 g/mol. The third kappa shape index (κ3) is 2.44. The Bertz CT molecular complexity index is 346. The fourth-order valence-electron chi connectivity index (χ4n) is 1.69. The van der Waals surface area contributed by atoms with E-state index in [4.69, 9.17) is 0 Å². The topological polar surface area (TPSA) is 40.5 Å². The highest BCUT2D eigenvalue weighted by Crippen LogP contribution is 2.31. The lowest BCUT2D eigenvalue weighted by Gasteiger charge is -2.37. The number of carboxylic acids is 1. The van der Waals surface area contributed by atoms with E-state index < -0.39 is 11.5 Å². The van der Waals surface area contributed by atoms with Crippen LogP contribution in [0.1, 0.15) is 38.1 Å². The maximum absolute atomic E-state index is 11.2. The molecule has 0 aliphatic heterocycles. The Labute approximate surface area is 101 Å². The first-order valence-corrected chi connectivity index (χ1v) is 6.29. The zero-order valence-corrected chi connectivity index (χ0v) is 11.0. The summed E-state index contributed by atoms with van der Waals surface area (Å²) in [5, 5.41) is 11.2. The Kier molecular flexibility index (Phi) is 4.10. The zero-order chi connectivity index (χ0) is 12.3. The van der Waals surface area contributed by atoms with Gasteiger partial charge in [0.25, 0.3) is 0 Å². The van der Waals surface area contributed by atoms with E-state index in [1.165, 1.54) is 4.88 Å². The van der Waals surface area contributed by atoms with Gasteiger partial charge >= 0.3 is 5.97 Å². The van der Waals surface area contributed by atoms with Gasteiger partial charge in [-0.1, -0.05) is 13.0 Å². The van der Waals surface area contributed by atoms with Crippen molar-refractivity contribution in [3.63, 3.8) is 0 Å². The Morgan fingerprint density at radius 3 is 2.62 bits per heavy atom. The summed E-state index contributed by atoms with van der Waals surface area (Å²) in [5.41, 5.74) is -0.843. The van der Waals surface area contributed by atoms with Gasteiger partial charge in [-0.05, 0) is 38.8 Å². The lowest BCUT2D eigenvalue weighted by molar-refractivity contribution is -0.150. The van der Waals surface area contributed by atoms with Crippen LogP contribution in [0.15, 0.2) is 17.5 Å². The van der Waals surface area contributed by atoms with Crippen molar-refractivity contribution in [1.29, 1.82) is 0 Å². The summed E-state index contributed by atoms with van der Waals surface area (Å²) >= 11 is 1.68. The minimum Gasteiger partial charge on any atom is -0.480 e. The van der Waals surface area contributed by atoms with Gasteiger partial charge in [0.15, 0.2) is 0 Å². The molecular weight excluding hydrogens is 222 g/mol. The molecule has 0 saturated carbocycles. The van der Waals surface area contributed by atoms with Crippen molar-refractivity contribution in [2.24, 2.45) is 0 Å². The van der Waals surface area contributed by atoms with Crippen molar-refractivity contribution >= 4 is 17.3 Å². The molecule has 1 rings (SSSR count). The monoisotopic (exact) mass is 241 g/mol. The molecule has 1 aromatic heterocycles. The van der Waals surface area contributed by atoms with Crippen LogP contribution in [0.5, 0.6) is 0 Å². The van der Waals surface area contributed by atoms with E-state index in [-0.39, 0.29) is 6.04 Å². The highest BCUT2D eigenvalue weighted by Gasteiger charge is 2.36. The van der Waals surface area contributed by atoms with Crippen LogP contribution >= 0.6 is 11.3 Å². The Morgan fingerprint density at radius 1 is 1.62 bits per heavy atom. The Hall–Kier alpha value is -0.870. The number of aliphatic carboxylic acids is 1. The van der Waals surface area contributed by atoms with Gasteiger partial charge in [-0.3, -0.25) is 9.69 Å². The SMILES string of the molecule is CCC(c1cccs1)N(C)C(C)(C)C(=O)O. The first-order chi connectivity index (χ1) is 7.41. The molecule has 0 spiro atoms. The molecule has 16 heavy (non-hydrogen) atoms. The molecule has 0 amide bonds. The predicted molar refractivity (Wildman–Crippen MR) is 66.8 cm³/mol. The van der Waals surface area contributed by atoms with Crippen LogP contribution in [0.3, 0.4) is 0 Å². The minimum absolute atomic E-state index is 0.172. The van der Waals surface area contributed by atoms with Crippen molar-refractivity contribution in [1.82, 2.24) is 4.90 Å². The van der Waals surface area contributed by atoms with Gasteiger partial charge in [0, 0.05) is 10.9 Å². The van der Waals surface area contributed by atoms with Crippen molar-refractivity contribution in [2.45, 2.75) is 38.8 Å². The van der Waals surface area contributed by atoms with Crippen LogP contribution in [0, 0.1) is 0 Å². The van der Waals surface area contributed by atoms with Crippen LogP contribution in [-0.2, 0) is 4.79 Å². The molecule has 0 fully saturated rings. The fraction of sp³-hybridized carbons (Fsp3) is 0.583. The van der Waals surface area contributed by atoms with E-state index in [1.54, 1.807) is 25.2 Å². The molecule has 1 atom stereocenters. The quantitative estimate of drug-likeness (QED) is 0.861. The van der Waals surface area contributed by atoms with E-state index in [0.717, 1.165) is 6.42 Å². The first-order valence-electron chi connectivity index (χ1n) is 5.41. The normalized spacial score (nSPS) is 14.1. The van der Waals surface area contributed by atoms with Gasteiger partial charge < -0.3 is 5.11 Å². The van der Waals surface area contributed by atoms with Crippen LogP contribution in [0.4, 0.5) is 0 Å². The third-order valence-electron chi connectivity index (χ3n) is 3.13. The van der Waals surface area contributed by atoms with Crippen LogP contribution in [-0.4, -0.2) is 28.6 Å². The molecule has 0 bridgehead atoms. The number of hydrogen-bond donors (Lipinski definition) is 1. The number of rotatable bonds is 5. The lowest BCUT2D eigenvalue weighted by Crippen LogP contribution is -2.49. The van der Waals surface area contributed by atoms with Crippen molar-refractivity contribution in [3.05, 3.63) is 22.4 Å². The number of nitrogens with zero attached hydrogens (tertiary/aromatic N) is 1. The summed E-state index contributed by atoms with van der Waals surface area (Å²) in [6.45, 7) is 5.57. The van der Waals surface area contributed by atoms with Crippen LogP contribution in [0.2, 0.25) is 0 Å². The number of carbonyl (C=O) groups is 1. The summed E-state index contributed by atoms with van der Waals surface area (Å²) < 4.78 is 0. The van der Waals surface area contributed by atoms with Crippen molar-refractivity contribution < 1.29 is 9.90 Å². The molecule has 0 radical (unpaired) electrons. The predicted octanol–water partition coefficient (Wildman–Crippen LogP) is 2.99. The smallest absolute Gasteiger partial charge is 0.323 e. The molecule has 0 aliphatic carbocycles. The first kappa shape index (κ1) is 13.2. The van der Waals surface area contributed by atoms with E-state index in [2.05, 4.69) is 13.0 Å². The highest BCUT2D eigenvalue weighted by molar-refractivity contribution is 7.10. The molecule has 1 heterocycles. The third-order valence-corrected chi connectivity index (χ3v) is 4.10. The number of carboxylic acid groups (broad SMARTS) is 1. The van der Waals surface area contributed by atoms with Crippen molar-refractivity contribution in [2.75, 3.05) is 7.05 Å². The summed E-state index contributed by atoms with van der Waals surface area (Å²) in [4.78, 5) is 14.4. The largest absolute Gasteiger partial charge is 0.480 e. The van der Waals surface area contributed by atoms with E-state index in [9.17, 15) is 9.90 Å². The second-order valence-electron chi connectivity index (χ2n) is 4.41. The summed E-state index contributed by atoms with van der Waals surface area (Å²) in [6.07, 6.45) is 0.910. The van der Waals surface area contributed by atoms with Gasteiger partial charge in [0.2, 0.25) is 0 Å². The number of likely N-dealkylation sites (N-methyl/N-ethyl adjacent to an activating group) is 1. The van der Waals surface area contributed by atoms with Crippen LogP contribution in [0.25, 0.3) is 0 Å². The van der Waals surface area contributed by atoms with E-state index in [0.29, 0.717) is 0 Å². The maximum Gasteiger partial charge on any atom is 0.323 e. The molecule has 1 N–H and O–H groups in total. The molecule has 1 aromatic rings. The van der Waals surface area contributed by atoms with Crippen LogP contribution < -0.4 is 0 Å². The van der Waals surface area contributed by atoms with E-state index in [1.807, 2.05) is 23.4 Å². The second-order valence-corrected chi connectivity index (χ2v) is 5.39. The average Bonchev–Trinajstić information content (AvgIpc) is 2.71. The molecule has 90 valence electrons. The summed E-state index contributed by atoms with van der Waals surface area (Å²) in [7, 11) is 1.88. The van der Waals surface area contributed by atoms with Gasteiger partial charge in [0.1, 0.15) is 5.54 Å². The lowest BCUT2D eigenvalue weighted by atomic mass is 9.99. The number of hydrogen-bond acceptors (Lipinski definition) is 3. The van der Waals surface area contributed by atoms with Crippen molar-refractivity contribution in [3.8, 4) is 0 Å². The molecule has 4 heteroatoms. The molecule has 0 aromatic carbocycles. The Morgan fingerprint density at radius 2 is 2.25 bits per heavy atom. The molecule has 0 saturated heterocycles. The minimum atomic E-state index is -0.843. The van der Waals surface area contributed by atoms with E-state index >= 15 is 0 Å². The summed E-state index contributed by atoms with van der Waals surface area (Å²) in [5.74, 6) is -0.787. The highest BCUT2D eigenvalue weighted by atomic mass is 32.1. The van der Waals surface area contributed by atoms with Gasteiger partial charge in [0.05, 0.1) is 0 Å². The maximum atomic E-state index is 11.2. The molecular formula is C12H19NO2S. The number of thiophene rings is 1. The van der Waals surface area contributed by atoms with Gasteiger partial charge in [-0.2, -0.15) is 0 Å².